The molecule has 0 saturated carbocycles. The first-order chi connectivity index (χ1) is 9.27. The Bertz CT molecular complexity index is 391. The van der Waals surface area contributed by atoms with Crippen molar-refractivity contribution >= 4 is 5.91 Å². The number of carbonyl (C=O) groups excluding carboxylic acids is 1. The number of hydrogen-bond acceptors (Lipinski definition) is 2. The second kappa shape index (κ2) is 7.29. The lowest BCUT2D eigenvalue weighted by Gasteiger charge is -2.33. The molecule has 1 saturated heterocycles. The van der Waals surface area contributed by atoms with Gasteiger partial charge in [-0.3, -0.25) is 9.69 Å². The second-order valence-electron chi connectivity index (χ2n) is 5.39. The largest absolute Gasteiger partial charge is 0.368 e. The first-order valence-electron chi connectivity index (χ1n) is 7.34. The Kier molecular flexibility index (Phi) is 5.40. The molecule has 104 valence electrons. The topological polar surface area (TPSA) is 46.3 Å². The van der Waals surface area contributed by atoms with Crippen molar-refractivity contribution in [1.29, 1.82) is 0 Å². The first-order valence-corrected chi connectivity index (χ1v) is 7.34. The highest BCUT2D eigenvalue weighted by molar-refractivity contribution is 5.79. The zero-order valence-electron chi connectivity index (χ0n) is 11.6. The average molecular weight is 260 g/mol. The van der Waals surface area contributed by atoms with Crippen LogP contribution in [0.5, 0.6) is 0 Å². The average Bonchev–Trinajstić information content (AvgIpc) is 2.45. The molecule has 2 N–H and O–H groups in total. The van der Waals surface area contributed by atoms with Crippen LogP contribution in [0.4, 0.5) is 0 Å². The molecule has 1 aliphatic rings. The van der Waals surface area contributed by atoms with E-state index in [-0.39, 0.29) is 11.9 Å². The number of primary amides is 1. The summed E-state index contributed by atoms with van der Waals surface area (Å²) in [4.78, 5) is 13.7. The number of piperidine rings is 1. The quantitative estimate of drug-likeness (QED) is 0.798. The van der Waals surface area contributed by atoms with Gasteiger partial charge in [-0.15, -0.1) is 0 Å². The Hall–Kier alpha value is -1.35. The third-order valence-electron chi connectivity index (χ3n) is 3.95. The van der Waals surface area contributed by atoms with Gasteiger partial charge in [0.05, 0.1) is 6.04 Å². The summed E-state index contributed by atoms with van der Waals surface area (Å²) >= 11 is 0. The van der Waals surface area contributed by atoms with Gasteiger partial charge in [0.25, 0.3) is 0 Å². The minimum atomic E-state index is -0.150. The Morgan fingerprint density at radius 3 is 2.74 bits per heavy atom. The van der Waals surface area contributed by atoms with Crippen LogP contribution in [0, 0.1) is 0 Å². The number of nitrogens with two attached hydrogens (primary N) is 1. The summed E-state index contributed by atoms with van der Waals surface area (Å²) in [6, 6.07) is 10.5. The molecule has 2 rings (SSSR count). The van der Waals surface area contributed by atoms with Crippen LogP contribution in [0.15, 0.2) is 30.3 Å². The van der Waals surface area contributed by atoms with Crippen molar-refractivity contribution in [3.05, 3.63) is 35.9 Å². The van der Waals surface area contributed by atoms with Gasteiger partial charge >= 0.3 is 0 Å². The molecule has 0 aromatic heterocycles. The normalized spacial score (nSPS) is 20.3. The molecule has 3 heteroatoms. The van der Waals surface area contributed by atoms with Crippen molar-refractivity contribution < 1.29 is 4.79 Å². The molecule has 19 heavy (non-hydrogen) atoms. The molecule has 1 unspecified atom stereocenters. The second-order valence-corrected chi connectivity index (χ2v) is 5.39. The van der Waals surface area contributed by atoms with E-state index >= 15 is 0 Å². The summed E-state index contributed by atoms with van der Waals surface area (Å²) in [5, 5.41) is 0. The molecule has 1 fully saturated rings. The van der Waals surface area contributed by atoms with Gasteiger partial charge in [-0.25, -0.2) is 0 Å². The van der Waals surface area contributed by atoms with Crippen LogP contribution in [0.25, 0.3) is 0 Å². The fraction of sp³-hybridized carbons (Fsp3) is 0.562. The Morgan fingerprint density at radius 2 is 2.00 bits per heavy atom. The number of nitrogens with zero attached hydrogens (tertiary/aromatic N) is 1. The summed E-state index contributed by atoms with van der Waals surface area (Å²) in [5.41, 5.74) is 6.87. The molecule has 1 atom stereocenters. The number of hydrogen-bond donors (Lipinski definition) is 1. The fourth-order valence-corrected chi connectivity index (χ4v) is 2.87. The SMILES string of the molecule is NC(=O)C1CCCCN1CCCCc1ccccc1. The molecule has 0 aliphatic carbocycles. The Morgan fingerprint density at radius 1 is 1.21 bits per heavy atom. The van der Waals surface area contributed by atoms with Gasteiger partial charge < -0.3 is 5.73 Å². The number of carbonyl (C=O) groups is 1. The van der Waals surface area contributed by atoms with Crippen molar-refractivity contribution in [3.63, 3.8) is 0 Å². The van der Waals surface area contributed by atoms with Crippen LogP contribution < -0.4 is 5.73 Å². The van der Waals surface area contributed by atoms with E-state index in [9.17, 15) is 4.79 Å². The molecule has 1 heterocycles. The summed E-state index contributed by atoms with van der Waals surface area (Å²) in [7, 11) is 0. The van der Waals surface area contributed by atoms with E-state index in [2.05, 4.69) is 35.2 Å². The molecular weight excluding hydrogens is 236 g/mol. The van der Waals surface area contributed by atoms with Gasteiger partial charge in [-0.2, -0.15) is 0 Å². The van der Waals surface area contributed by atoms with Crippen LogP contribution >= 0.6 is 0 Å². The Labute approximate surface area is 115 Å². The maximum atomic E-state index is 11.4. The fourth-order valence-electron chi connectivity index (χ4n) is 2.87. The predicted octanol–water partition coefficient (Wildman–Crippen LogP) is 2.35. The van der Waals surface area contributed by atoms with Crippen molar-refractivity contribution in [1.82, 2.24) is 4.90 Å². The van der Waals surface area contributed by atoms with Gasteiger partial charge in [0.15, 0.2) is 0 Å². The van der Waals surface area contributed by atoms with Gasteiger partial charge in [0.2, 0.25) is 5.91 Å². The minimum absolute atomic E-state index is 0.0227. The molecule has 1 aliphatic heterocycles. The lowest BCUT2D eigenvalue weighted by molar-refractivity contribution is -0.124. The number of rotatable bonds is 6. The summed E-state index contributed by atoms with van der Waals surface area (Å²) in [6.07, 6.45) is 6.70. The number of likely N-dealkylation sites (tertiary alicyclic amines) is 1. The maximum absolute atomic E-state index is 11.4. The predicted molar refractivity (Wildman–Crippen MR) is 77.8 cm³/mol. The molecule has 1 amide bonds. The van der Waals surface area contributed by atoms with Crippen LogP contribution in [-0.2, 0) is 11.2 Å². The molecular formula is C16H24N2O. The van der Waals surface area contributed by atoms with Crippen LogP contribution in [-0.4, -0.2) is 29.9 Å². The number of unbranched alkanes of at least 4 members (excludes halogenated alkanes) is 1. The zero-order chi connectivity index (χ0) is 13.5. The van der Waals surface area contributed by atoms with Gasteiger partial charge in [0, 0.05) is 0 Å². The number of amides is 1. The lowest BCUT2D eigenvalue weighted by Crippen LogP contribution is -2.47. The standard InChI is InChI=1S/C16H24N2O/c17-16(19)15-11-5-7-13-18(15)12-6-4-10-14-8-2-1-3-9-14/h1-3,8-9,15H,4-7,10-13H2,(H2,17,19). The van der Waals surface area contributed by atoms with E-state index in [0.717, 1.165) is 38.8 Å². The summed E-state index contributed by atoms with van der Waals surface area (Å²) in [6.45, 7) is 2.03. The third-order valence-corrected chi connectivity index (χ3v) is 3.95. The minimum Gasteiger partial charge on any atom is -0.368 e. The molecule has 1 aromatic carbocycles. The molecule has 3 nitrogen and oxygen atoms in total. The molecule has 1 aromatic rings. The van der Waals surface area contributed by atoms with E-state index in [0.29, 0.717) is 0 Å². The first kappa shape index (κ1) is 14.1. The van der Waals surface area contributed by atoms with E-state index < -0.39 is 0 Å². The van der Waals surface area contributed by atoms with Crippen molar-refractivity contribution in [2.24, 2.45) is 5.73 Å². The smallest absolute Gasteiger partial charge is 0.234 e. The molecule has 0 bridgehead atoms. The van der Waals surface area contributed by atoms with Crippen LogP contribution in [0.2, 0.25) is 0 Å². The van der Waals surface area contributed by atoms with Crippen molar-refractivity contribution in [2.75, 3.05) is 13.1 Å². The summed E-state index contributed by atoms with van der Waals surface area (Å²) < 4.78 is 0. The van der Waals surface area contributed by atoms with E-state index in [1.807, 2.05) is 0 Å². The van der Waals surface area contributed by atoms with Gasteiger partial charge in [-0.1, -0.05) is 36.8 Å². The van der Waals surface area contributed by atoms with Crippen molar-refractivity contribution in [2.45, 2.75) is 44.6 Å². The third kappa shape index (κ3) is 4.35. The van der Waals surface area contributed by atoms with Crippen LogP contribution in [0.3, 0.4) is 0 Å². The zero-order valence-corrected chi connectivity index (χ0v) is 11.6. The van der Waals surface area contributed by atoms with Gasteiger partial charge in [-0.05, 0) is 50.8 Å². The van der Waals surface area contributed by atoms with E-state index in [1.165, 1.54) is 18.4 Å². The highest BCUT2D eigenvalue weighted by Gasteiger charge is 2.25. The van der Waals surface area contributed by atoms with Crippen LogP contribution in [0.1, 0.15) is 37.7 Å². The highest BCUT2D eigenvalue weighted by atomic mass is 16.1. The van der Waals surface area contributed by atoms with E-state index in [1.54, 1.807) is 0 Å². The van der Waals surface area contributed by atoms with Gasteiger partial charge in [0.1, 0.15) is 0 Å². The van der Waals surface area contributed by atoms with E-state index in [4.69, 9.17) is 5.73 Å². The highest BCUT2D eigenvalue weighted by Crippen LogP contribution is 2.17. The number of aryl methyl sites for hydroxylation is 1. The maximum Gasteiger partial charge on any atom is 0.234 e. The van der Waals surface area contributed by atoms with Crippen molar-refractivity contribution in [3.8, 4) is 0 Å². The molecule has 0 radical (unpaired) electrons. The molecule has 0 spiro atoms. The number of benzene rings is 1. The Balaban J connectivity index is 1.71. The summed E-state index contributed by atoms with van der Waals surface area (Å²) in [5.74, 6) is -0.150. The lowest BCUT2D eigenvalue weighted by atomic mass is 10.0. The monoisotopic (exact) mass is 260 g/mol.